The fraction of sp³-hybridized carbons (Fsp3) is 0.625. The molecule has 1 atom stereocenters. The van der Waals surface area contributed by atoms with Crippen LogP contribution in [0.1, 0.15) is 39.2 Å². The summed E-state index contributed by atoms with van der Waals surface area (Å²) >= 11 is 0. The van der Waals surface area contributed by atoms with E-state index in [1.807, 2.05) is 33.8 Å². The Labute approximate surface area is 131 Å². The molecule has 1 aliphatic heterocycles. The summed E-state index contributed by atoms with van der Waals surface area (Å²) in [6.07, 6.45) is 1.38. The lowest BCUT2D eigenvalue weighted by Crippen LogP contribution is -2.46. The summed E-state index contributed by atoms with van der Waals surface area (Å²) in [6.45, 7) is 8.73. The van der Waals surface area contributed by atoms with Crippen LogP contribution in [0.4, 0.5) is 10.6 Å². The van der Waals surface area contributed by atoms with E-state index in [9.17, 15) is 4.79 Å². The van der Waals surface area contributed by atoms with E-state index < -0.39 is 5.60 Å². The van der Waals surface area contributed by atoms with Crippen molar-refractivity contribution in [1.82, 2.24) is 9.88 Å². The number of rotatable bonds is 2. The van der Waals surface area contributed by atoms with Crippen LogP contribution in [-0.2, 0) is 4.74 Å². The van der Waals surface area contributed by atoms with Crippen molar-refractivity contribution in [2.75, 3.05) is 18.8 Å². The number of aryl methyl sites for hydroxylation is 1. The Morgan fingerprint density at radius 1 is 1.41 bits per heavy atom. The summed E-state index contributed by atoms with van der Waals surface area (Å²) in [4.78, 5) is 18.0. The molecule has 1 aliphatic rings. The highest BCUT2D eigenvalue weighted by atomic mass is 16.6. The minimum absolute atomic E-state index is 0.0880. The third-order valence-electron chi connectivity index (χ3n) is 3.28. The Hall–Kier alpha value is -1.98. The van der Waals surface area contributed by atoms with Crippen molar-refractivity contribution >= 4 is 11.9 Å². The van der Waals surface area contributed by atoms with Gasteiger partial charge in [0.15, 0.2) is 0 Å². The molecule has 122 valence electrons. The molecule has 1 saturated heterocycles. The number of anilines is 1. The van der Waals surface area contributed by atoms with Crippen molar-refractivity contribution in [3.8, 4) is 5.88 Å². The molecule has 0 aromatic carbocycles. The van der Waals surface area contributed by atoms with Crippen LogP contribution in [0.5, 0.6) is 5.88 Å². The van der Waals surface area contributed by atoms with Crippen LogP contribution < -0.4 is 10.5 Å². The molecule has 6 nitrogen and oxygen atoms in total. The summed E-state index contributed by atoms with van der Waals surface area (Å²) in [5.41, 5.74) is 6.25. The third-order valence-corrected chi connectivity index (χ3v) is 3.28. The Kier molecular flexibility index (Phi) is 4.78. The largest absolute Gasteiger partial charge is 0.472 e. The number of carbonyl (C=O) groups is 1. The van der Waals surface area contributed by atoms with Gasteiger partial charge in [0.2, 0.25) is 5.88 Å². The monoisotopic (exact) mass is 307 g/mol. The summed E-state index contributed by atoms with van der Waals surface area (Å²) < 4.78 is 11.3. The van der Waals surface area contributed by atoms with Gasteiger partial charge in [-0.15, -0.1) is 0 Å². The fourth-order valence-corrected chi connectivity index (χ4v) is 2.42. The second-order valence-electron chi connectivity index (χ2n) is 6.72. The number of nitrogen functional groups attached to an aromatic ring is 1. The summed E-state index contributed by atoms with van der Waals surface area (Å²) in [6, 6.07) is 3.64. The van der Waals surface area contributed by atoms with Crippen LogP contribution >= 0.6 is 0 Å². The van der Waals surface area contributed by atoms with E-state index in [4.69, 9.17) is 15.2 Å². The summed E-state index contributed by atoms with van der Waals surface area (Å²) in [5.74, 6) is 0.948. The van der Waals surface area contributed by atoms with Crippen LogP contribution in [-0.4, -0.2) is 40.8 Å². The minimum atomic E-state index is -0.489. The molecule has 1 aromatic heterocycles. The number of pyridine rings is 1. The first-order valence-electron chi connectivity index (χ1n) is 7.62. The van der Waals surface area contributed by atoms with Gasteiger partial charge in [0.1, 0.15) is 17.5 Å². The molecule has 0 radical (unpaired) electrons. The van der Waals surface area contributed by atoms with Gasteiger partial charge < -0.3 is 20.1 Å². The smallest absolute Gasteiger partial charge is 0.410 e. The van der Waals surface area contributed by atoms with E-state index in [1.165, 1.54) is 0 Å². The number of nitrogens with two attached hydrogens (primary N) is 1. The van der Waals surface area contributed by atoms with Crippen LogP contribution in [0.3, 0.4) is 0 Å². The van der Waals surface area contributed by atoms with Crippen molar-refractivity contribution in [1.29, 1.82) is 0 Å². The van der Waals surface area contributed by atoms with Crippen molar-refractivity contribution < 1.29 is 14.3 Å². The molecule has 2 rings (SSSR count). The highest BCUT2D eigenvalue weighted by Crippen LogP contribution is 2.20. The molecule has 22 heavy (non-hydrogen) atoms. The van der Waals surface area contributed by atoms with Crippen LogP contribution in [0.15, 0.2) is 12.1 Å². The summed E-state index contributed by atoms with van der Waals surface area (Å²) in [5, 5.41) is 0. The van der Waals surface area contributed by atoms with Gasteiger partial charge >= 0.3 is 6.09 Å². The number of ether oxygens (including phenoxy) is 2. The van der Waals surface area contributed by atoms with E-state index in [0.29, 0.717) is 24.8 Å². The molecule has 1 fully saturated rings. The predicted octanol–water partition coefficient (Wildman–Crippen LogP) is 2.75. The van der Waals surface area contributed by atoms with E-state index in [2.05, 4.69) is 4.98 Å². The number of likely N-dealkylation sites (tertiary alicyclic amines) is 1. The van der Waals surface area contributed by atoms with E-state index in [0.717, 1.165) is 18.4 Å². The summed E-state index contributed by atoms with van der Waals surface area (Å²) in [7, 11) is 0. The van der Waals surface area contributed by atoms with Crippen LogP contribution in [0.2, 0.25) is 0 Å². The second-order valence-corrected chi connectivity index (χ2v) is 6.72. The van der Waals surface area contributed by atoms with Crippen LogP contribution in [0.25, 0.3) is 0 Å². The molecular formula is C16H25N3O3. The Morgan fingerprint density at radius 3 is 2.77 bits per heavy atom. The van der Waals surface area contributed by atoms with Gasteiger partial charge in [-0.05, 0) is 52.2 Å². The number of nitrogens with zero attached hydrogens (tertiary/aromatic N) is 2. The van der Waals surface area contributed by atoms with Crippen molar-refractivity contribution in [2.24, 2.45) is 0 Å². The average molecular weight is 307 g/mol. The number of amides is 1. The molecule has 2 heterocycles. The molecule has 1 amide bonds. The zero-order valence-corrected chi connectivity index (χ0v) is 13.8. The first-order chi connectivity index (χ1) is 10.2. The normalized spacial score (nSPS) is 18.9. The van der Waals surface area contributed by atoms with Crippen molar-refractivity contribution in [3.05, 3.63) is 17.7 Å². The molecular weight excluding hydrogens is 282 g/mol. The van der Waals surface area contributed by atoms with Crippen molar-refractivity contribution in [2.45, 2.75) is 52.2 Å². The molecule has 1 aromatic rings. The minimum Gasteiger partial charge on any atom is -0.472 e. The van der Waals surface area contributed by atoms with E-state index in [1.54, 1.807) is 11.0 Å². The maximum Gasteiger partial charge on any atom is 0.410 e. The fourth-order valence-electron chi connectivity index (χ4n) is 2.42. The van der Waals surface area contributed by atoms with Gasteiger partial charge in [-0.3, -0.25) is 0 Å². The highest BCUT2D eigenvalue weighted by molar-refractivity contribution is 5.68. The maximum atomic E-state index is 12.1. The van der Waals surface area contributed by atoms with Gasteiger partial charge in [-0.2, -0.15) is 4.98 Å². The molecule has 0 unspecified atom stereocenters. The maximum absolute atomic E-state index is 12.1. The van der Waals surface area contributed by atoms with E-state index >= 15 is 0 Å². The Balaban J connectivity index is 1.97. The zero-order valence-electron chi connectivity index (χ0n) is 13.8. The quantitative estimate of drug-likeness (QED) is 0.909. The molecule has 0 bridgehead atoms. The highest BCUT2D eigenvalue weighted by Gasteiger charge is 2.28. The lowest BCUT2D eigenvalue weighted by Gasteiger charge is -2.34. The molecule has 0 spiro atoms. The van der Waals surface area contributed by atoms with Crippen LogP contribution in [0, 0.1) is 6.92 Å². The molecule has 2 N–H and O–H groups in total. The molecule has 0 saturated carbocycles. The first kappa shape index (κ1) is 16.4. The number of carbonyl (C=O) groups excluding carboxylic acids is 1. The lowest BCUT2D eigenvalue weighted by atomic mass is 10.1. The topological polar surface area (TPSA) is 77.7 Å². The van der Waals surface area contributed by atoms with Crippen molar-refractivity contribution in [3.63, 3.8) is 0 Å². The lowest BCUT2D eigenvalue weighted by molar-refractivity contribution is 0.00723. The van der Waals surface area contributed by atoms with Gasteiger partial charge in [0.05, 0.1) is 6.54 Å². The van der Waals surface area contributed by atoms with Gasteiger partial charge in [0, 0.05) is 12.6 Å². The Bertz CT molecular complexity index is 520. The Morgan fingerprint density at radius 2 is 2.14 bits per heavy atom. The first-order valence-corrected chi connectivity index (χ1v) is 7.62. The average Bonchev–Trinajstić information content (AvgIpc) is 2.35. The zero-order chi connectivity index (χ0) is 16.3. The van der Waals surface area contributed by atoms with E-state index in [-0.39, 0.29) is 12.2 Å². The SMILES string of the molecule is Cc1cc(N)nc(O[C@H]2CCCN(C(=O)OC(C)(C)C)C2)c1. The molecule has 0 aliphatic carbocycles. The van der Waals surface area contributed by atoms with Gasteiger partial charge in [-0.25, -0.2) is 4.79 Å². The number of hydrogen-bond donors (Lipinski definition) is 1. The van der Waals surface area contributed by atoms with Gasteiger partial charge in [0.25, 0.3) is 0 Å². The van der Waals surface area contributed by atoms with Gasteiger partial charge in [-0.1, -0.05) is 0 Å². The molecule has 6 heteroatoms. The third kappa shape index (κ3) is 4.79. The number of hydrogen-bond acceptors (Lipinski definition) is 5. The second kappa shape index (κ2) is 6.42. The standard InChI is InChI=1S/C16H25N3O3/c1-11-8-13(17)18-14(9-11)21-12-6-5-7-19(10-12)15(20)22-16(2,3)4/h8-9,12H,5-7,10H2,1-4H3,(H2,17,18)/t12-/m0/s1. The predicted molar refractivity (Wildman–Crippen MR) is 84.8 cm³/mol. The number of piperidine rings is 1. The number of aromatic nitrogens is 1.